The van der Waals surface area contributed by atoms with Gasteiger partial charge in [0, 0.05) is 10.7 Å². The normalized spacial score (nSPS) is 11.9. The zero-order chi connectivity index (χ0) is 12.8. The van der Waals surface area contributed by atoms with E-state index in [1.54, 1.807) is 12.3 Å². The number of aromatic nitrogens is 1. The van der Waals surface area contributed by atoms with Crippen LogP contribution in [0.2, 0.25) is 0 Å². The topological polar surface area (TPSA) is 12.9 Å². The monoisotopic (exact) mass is 287 g/mol. The van der Waals surface area contributed by atoms with E-state index in [-0.39, 0.29) is 0 Å². The lowest BCUT2D eigenvalue weighted by Crippen LogP contribution is -2.04. The summed E-state index contributed by atoms with van der Waals surface area (Å²) in [5, 5.41) is 0. The summed E-state index contributed by atoms with van der Waals surface area (Å²) in [5.41, 5.74) is 3.91. The average Bonchev–Trinajstić information content (AvgIpc) is 2.26. The molecule has 3 heteroatoms. The van der Waals surface area contributed by atoms with Crippen molar-refractivity contribution in [3.05, 3.63) is 52.3 Å². The number of pyridine rings is 1. The average molecular weight is 288 g/mol. The third kappa shape index (κ3) is 4.35. The van der Waals surface area contributed by atoms with Gasteiger partial charge in [-0.1, -0.05) is 45.2 Å². The fourth-order valence-corrected chi connectivity index (χ4v) is 1.91. The van der Waals surface area contributed by atoms with Gasteiger partial charge in [0.15, 0.2) is 0 Å². The van der Waals surface area contributed by atoms with Crippen LogP contribution >= 0.6 is 15.9 Å². The second-order valence-electron chi connectivity index (χ2n) is 3.92. The van der Waals surface area contributed by atoms with Gasteiger partial charge in [-0.2, -0.15) is 0 Å². The lowest BCUT2D eigenvalue weighted by molar-refractivity contribution is 1.27. The third-order valence-electron chi connectivity index (χ3n) is 2.21. The molecule has 1 nitrogen and oxygen atoms in total. The number of rotatable bonds is 3. The fraction of sp³-hybridized carbons (Fsp3) is 0.214. The SMILES string of the molecule is [B]c1ccnc(C(/C=C(Br)\C=C/C)=C(C)C)c1. The molecule has 86 valence electrons. The Bertz CT molecular complexity index is 483. The van der Waals surface area contributed by atoms with Crippen molar-refractivity contribution in [2.75, 3.05) is 0 Å². The summed E-state index contributed by atoms with van der Waals surface area (Å²) in [6.45, 7) is 6.11. The molecule has 0 saturated carbocycles. The van der Waals surface area contributed by atoms with Crippen molar-refractivity contribution in [1.82, 2.24) is 4.98 Å². The quantitative estimate of drug-likeness (QED) is 0.612. The van der Waals surface area contributed by atoms with Crippen LogP contribution in [0.5, 0.6) is 0 Å². The first-order valence-electron chi connectivity index (χ1n) is 5.44. The van der Waals surface area contributed by atoms with Crippen LogP contribution in [0.4, 0.5) is 0 Å². The molecule has 0 aromatic carbocycles. The molecule has 0 aliphatic heterocycles. The van der Waals surface area contributed by atoms with Gasteiger partial charge in [-0.15, -0.1) is 0 Å². The Kier molecular flexibility index (Phi) is 5.43. The van der Waals surface area contributed by atoms with E-state index < -0.39 is 0 Å². The summed E-state index contributed by atoms with van der Waals surface area (Å²) in [5.74, 6) is 0. The Balaban J connectivity index is 3.22. The zero-order valence-electron chi connectivity index (χ0n) is 10.4. The van der Waals surface area contributed by atoms with Crippen LogP contribution in [0.3, 0.4) is 0 Å². The minimum Gasteiger partial charge on any atom is -0.256 e. The number of hydrogen-bond acceptors (Lipinski definition) is 1. The molecule has 1 rings (SSSR count). The van der Waals surface area contributed by atoms with Crippen LogP contribution in [0.15, 0.2) is 46.6 Å². The first kappa shape index (κ1) is 14.0. The van der Waals surface area contributed by atoms with Crippen LogP contribution in [0.1, 0.15) is 26.5 Å². The maximum Gasteiger partial charge on any atom is 0.113 e. The van der Waals surface area contributed by atoms with E-state index in [9.17, 15) is 0 Å². The molecule has 17 heavy (non-hydrogen) atoms. The molecule has 0 fully saturated rings. The summed E-state index contributed by atoms with van der Waals surface area (Å²) < 4.78 is 1.01. The summed E-state index contributed by atoms with van der Waals surface area (Å²) in [6, 6.07) is 3.67. The van der Waals surface area contributed by atoms with E-state index >= 15 is 0 Å². The molecular weight excluding hydrogens is 273 g/mol. The van der Waals surface area contributed by atoms with E-state index in [4.69, 9.17) is 7.85 Å². The number of allylic oxidation sites excluding steroid dienone is 6. The molecule has 0 atom stereocenters. The fourth-order valence-electron chi connectivity index (χ4n) is 1.41. The molecule has 0 unspecified atom stereocenters. The summed E-state index contributed by atoms with van der Waals surface area (Å²) >= 11 is 3.50. The largest absolute Gasteiger partial charge is 0.256 e. The Hall–Kier alpha value is -1.09. The van der Waals surface area contributed by atoms with Crippen molar-refractivity contribution < 1.29 is 0 Å². The lowest BCUT2D eigenvalue weighted by Gasteiger charge is -2.06. The smallest absolute Gasteiger partial charge is 0.113 e. The summed E-state index contributed by atoms with van der Waals surface area (Å²) in [6.07, 6.45) is 7.76. The van der Waals surface area contributed by atoms with Gasteiger partial charge in [-0.25, -0.2) is 0 Å². The summed E-state index contributed by atoms with van der Waals surface area (Å²) in [4.78, 5) is 4.35. The van der Waals surface area contributed by atoms with Gasteiger partial charge in [0.25, 0.3) is 0 Å². The van der Waals surface area contributed by atoms with Crippen LogP contribution < -0.4 is 5.46 Å². The molecule has 0 bridgehead atoms. The third-order valence-corrected chi connectivity index (χ3v) is 2.70. The highest BCUT2D eigenvalue weighted by Gasteiger charge is 2.03. The minimum absolute atomic E-state index is 0.726. The van der Waals surface area contributed by atoms with Crippen molar-refractivity contribution in [3.63, 3.8) is 0 Å². The van der Waals surface area contributed by atoms with Gasteiger partial charge in [0.05, 0.1) is 5.69 Å². The van der Waals surface area contributed by atoms with Crippen molar-refractivity contribution in [3.8, 4) is 0 Å². The van der Waals surface area contributed by atoms with Crippen LogP contribution in [-0.4, -0.2) is 12.8 Å². The molecule has 1 aromatic rings. The summed E-state index contributed by atoms with van der Waals surface area (Å²) in [7, 11) is 5.78. The molecule has 1 heterocycles. The lowest BCUT2D eigenvalue weighted by atomic mass is 9.94. The van der Waals surface area contributed by atoms with E-state index in [0.717, 1.165) is 21.2 Å². The van der Waals surface area contributed by atoms with Crippen LogP contribution in [0, 0.1) is 0 Å². The van der Waals surface area contributed by atoms with E-state index in [2.05, 4.69) is 40.8 Å². The standard InChI is InChI=1S/C14H15BBrN/c1-4-5-12(16)9-13(10(2)3)14-8-11(15)6-7-17-14/h4-9H,1-3H3/b5-4-,12-9+. The van der Waals surface area contributed by atoms with E-state index in [0.29, 0.717) is 0 Å². The van der Waals surface area contributed by atoms with Gasteiger partial charge >= 0.3 is 0 Å². The minimum atomic E-state index is 0.726. The van der Waals surface area contributed by atoms with Crippen LogP contribution in [0.25, 0.3) is 5.57 Å². The first-order valence-corrected chi connectivity index (χ1v) is 6.23. The van der Waals surface area contributed by atoms with E-state index in [1.807, 2.05) is 25.1 Å². The maximum absolute atomic E-state index is 5.78. The molecule has 0 amide bonds. The number of hydrogen-bond donors (Lipinski definition) is 0. The Morgan fingerprint density at radius 2 is 2.12 bits per heavy atom. The Labute approximate surface area is 113 Å². The van der Waals surface area contributed by atoms with Crippen molar-refractivity contribution in [2.45, 2.75) is 20.8 Å². The predicted molar refractivity (Wildman–Crippen MR) is 79.7 cm³/mol. The van der Waals surface area contributed by atoms with Gasteiger partial charge in [-0.3, -0.25) is 4.98 Å². The maximum atomic E-state index is 5.78. The van der Waals surface area contributed by atoms with E-state index in [1.165, 1.54) is 5.57 Å². The van der Waals surface area contributed by atoms with Crippen molar-refractivity contribution >= 4 is 34.8 Å². The van der Waals surface area contributed by atoms with Gasteiger partial charge in [-0.05, 0) is 38.5 Å². The van der Waals surface area contributed by atoms with Crippen molar-refractivity contribution in [1.29, 1.82) is 0 Å². The highest BCUT2D eigenvalue weighted by molar-refractivity contribution is 9.11. The Morgan fingerprint density at radius 1 is 1.41 bits per heavy atom. The van der Waals surface area contributed by atoms with Gasteiger partial charge in [0.1, 0.15) is 7.85 Å². The molecule has 1 aromatic heterocycles. The predicted octanol–water partition coefficient (Wildman–Crippen LogP) is 3.52. The van der Waals surface area contributed by atoms with Gasteiger partial charge < -0.3 is 0 Å². The number of halogens is 1. The Morgan fingerprint density at radius 3 is 2.65 bits per heavy atom. The molecular formula is C14H15BBrN. The zero-order valence-corrected chi connectivity index (χ0v) is 12.0. The van der Waals surface area contributed by atoms with Gasteiger partial charge in [0.2, 0.25) is 0 Å². The molecule has 0 saturated heterocycles. The highest BCUT2D eigenvalue weighted by atomic mass is 79.9. The molecule has 0 aliphatic rings. The van der Waals surface area contributed by atoms with Crippen LogP contribution in [-0.2, 0) is 0 Å². The molecule has 0 aliphatic carbocycles. The highest BCUT2D eigenvalue weighted by Crippen LogP contribution is 2.21. The number of nitrogens with zero attached hydrogens (tertiary/aromatic N) is 1. The second-order valence-corrected chi connectivity index (χ2v) is 4.83. The molecule has 2 radical (unpaired) electrons. The van der Waals surface area contributed by atoms with Crippen molar-refractivity contribution in [2.24, 2.45) is 0 Å². The first-order chi connectivity index (χ1) is 8.04. The molecule has 0 spiro atoms. The second kappa shape index (κ2) is 6.60. The molecule has 0 N–H and O–H groups in total.